The number of nitrogens with zero attached hydrogens (tertiary/aromatic N) is 3. The average Bonchev–Trinajstić information content (AvgIpc) is 3.62. The van der Waals surface area contributed by atoms with Crippen molar-refractivity contribution in [1.29, 1.82) is 0 Å². The maximum absolute atomic E-state index is 15.6. The molecule has 1 aliphatic heterocycles. The summed E-state index contributed by atoms with van der Waals surface area (Å²) in [5.74, 6) is -0.155. The molecule has 0 unspecified atom stereocenters. The third kappa shape index (κ3) is 4.38. The number of aromatic amines is 2. The molecule has 37 heavy (non-hydrogen) atoms. The summed E-state index contributed by atoms with van der Waals surface area (Å²) < 4.78 is 15.6. The number of phenols is 1. The summed E-state index contributed by atoms with van der Waals surface area (Å²) in [4.78, 5) is 21.9. The molecule has 1 amide bonds. The van der Waals surface area contributed by atoms with Gasteiger partial charge in [0, 0.05) is 24.0 Å². The van der Waals surface area contributed by atoms with Crippen molar-refractivity contribution in [2.75, 3.05) is 13.1 Å². The van der Waals surface area contributed by atoms with E-state index in [-0.39, 0.29) is 17.2 Å². The Bertz CT molecular complexity index is 1530. The topological polar surface area (TPSA) is 144 Å². The first-order chi connectivity index (χ1) is 17.6. The molecule has 1 atom stereocenters. The Morgan fingerprint density at radius 1 is 1.27 bits per heavy atom. The number of halogens is 1. The zero-order valence-electron chi connectivity index (χ0n) is 20.8. The van der Waals surface area contributed by atoms with Crippen LogP contribution >= 0.6 is 0 Å². The molecular weight excluding hydrogens is 475 g/mol. The van der Waals surface area contributed by atoms with Gasteiger partial charge in [-0.05, 0) is 55.2 Å². The minimum absolute atomic E-state index is 0.141. The van der Waals surface area contributed by atoms with E-state index >= 15 is 4.39 Å². The normalized spacial score (nSPS) is 14.9. The van der Waals surface area contributed by atoms with Gasteiger partial charge < -0.3 is 25.8 Å². The third-order valence-corrected chi connectivity index (χ3v) is 6.84. The highest BCUT2D eigenvalue weighted by Crippen LogP contribution is 2.35. The summed E-state index contributed by atoms with van der Waals surface area (Å²) in [5, 5.41) is 27.6. The number of carbonyl (C=O) groups is 1. The van der Waals surface area contributed by atoms with Gasteiger partial charge in [-0.2, -0.15) is 5.10 Å². The second kappa shape index (κ2) is 9.13. The second-order valence-corrected chi connectivity index (χ2v) is 9.84. The number of aryl methyl sites for hydroxylation is 1. The Hall–Kier alpha value is -4.02. The van der Waals surface area contributed by atoms with E-state index in [4.69, 9.17) is 5.73 Å². The fourth-order valence-electron chi connectivity index (χ4n) is 4.60. The second-order valence-electron chi connectivity index (χ2n) is 9.84. The van der Waals surface area contributed by atoms with Crippen LogP contribution in [0.4, 0.5) is 4.39 Å². The molecule has 4 aromatic rings. The lowest BCUT2D eigenvalue weighted by Crippen LogP contribution is -2.54. The van der Waals surface area contributed by atoms with E-state index in [2.05, 4.69) is 20.2 Å². The van der Waals surface area contributed by atoms with Gasteiger partial charge in [0.2, 0.25) is 5.91 Å². The standard InChI is InChI=1S/C27H29FN6O3/c1-4-14-11-16(35)5-6-17(14)18-7-8-19-22(21(18)28)32-33-23(19)25-30-12-20(31-25)15-9-10-34(13-15)26(36)24(29)27(2,3)37/h5-9,11-12,24,35,37H,4,10,13,29H2,1-3H3,(H,30,31)(H,32,33)/t24-/m1/s1. The molecule has 0 saturated heterocycles. The van der Waals surface area contributed by atoms with Gasteiger partial charge in [0.25, 0.3) is 0 Å². The molecule has 0 bridgehead atoms. The van der Waals surface area contributed by atoms with Crippen molar-refractivity contribution in [3.05, 3.63) is 59.7 Å². The van der Waals surface area contributed by atoms with Crippen molar-refractivity contribution in [3.8, 4) is 28.4 Å². The minimum Gasteiger partial charge on any atom is -0.508 e. The van der Waals surface area contributed by atoms with E-state index in [1.807, 2.05) is 13.0 Å². The predicted molar refractivity (Wildman–Crippen MR) is 139 cm³/mol. The molecule has 10 heteroatoms. The largest absolute Gasteiger partial charge is 0.508 e. The summed E-state index contributed by atoms with van der Waals surface area (Å²) in [6.07, 6.45) is 4.21. The molecule has 0 spiro atoms. The molecule has 0 radical (unpaired) electrons. The van der Waals surface area contributed by atoms with Crippen molar-refractivity contribution >= 4 is 22.4 Å². The van der Waals surface area contributed by atoms with E-state index in [0.717, 1.165) is 16.8 Å². The van der Waals surface area contributed by atoms with Gasteiger partial charge in [0.15, 0.2) is 11.6 Å². The molecule has 0 aliphatic carbocycles. The number of carbonyl (C=O) groups excluding carboxylic acids is 1. The molecule has 3 heterocycles. The zero-order valence-corrected chi connectivity index (χ0v) is 20.8. The molecule has 192 valence electrons. The van der Waals surface area contributed by atoms with Crippen LogP contribution in [0.25, 0.3) is 39.1 Å². The highest BCUT2D eigenvalue weighted by Gasteiger charge is 2.34. The first-order valence-electron chi connectivity index (χ1n) is 12.1. The number of fused-ring (bicyclic) bond motifs is 1. The van der Waals surface area contributed by atoms with E-state index < -0.39 is 17.5 Å². The number of imidazole rings is 1. The number of nitrogens with one attached hydrogen (secondary N) is 2. The van der Waals surface area contributed by atoms with Crippen LogP contribution in [0.3, 0.4) is 0 Å². The van der Waals surface area contributed by atoms with Crippen LogP contribution in [0, 0.1) is 5.82 Å². The predicted octanol–water partition coefficient (Wildman–Crippen LogP) is 3.35. The van der Waals surface area contributed by atoms with Crippen LogP contribution < -0.4 is 5.73 Å². The molecule has 5 rings (SSSR count). The van der Waals surface area contributed by atoms with Crippen LogP contribution in [0.2, 0.25) is 0 Å². The highest BCUT2D eigenvalue weighted by atomic mass is 19.1. The number of nitrogens with two attached hydrogens (primary N) is 1. The number of rotatable bonds is 6. The number of hydrogen-bond donors (Lipinski definition) is 5. The number of phenolic OH excluding ortho intramolecular Hbond substituents is 1. The summed E-state index contributed by atoms with van der Waals surface area (Å²) in [7, 11) is 0. The van der Waals surface area contributed by atoms with Gasteiger partial charge in [0.1, 0.15) is 23.0 Å². The van der Waals surface area contributed by atoms with Crippen molar-refractivity contribution < 1.29 is 19.4 Å². The van der Waals surface area contributed by atoms with Crippen molar-refractivity contribution in [3.63, 3.8) is 0 Å². The van der Waals surface area contributed by atoms with E-state index in [1.165, 1.54) is 13.8 Å². The molecule has 9 nitrogen and oxygen atoms in total. The van der Waals surface area contributed by atoms with E-state index in [1.54, 1.807) is 41.4 Å². The number of aromatic nitrogens is 4. The first-order valence-corrected chi connectivity index (χ1v) is 12.1. The van der Waals surface area contributed by atoms with Gasteiger partial charge in [0.05, 0.1) is 17.5 Å². The number of benzene rings is 2. The SMILES string of the molecule is CCc1cc(O)ccc1-c1ccc2c(-c3ncc(C4=CCN(C(=O)[C@@H](N)C(C)(C)O)C4)[nH]3)[nH]nc2c1F. The lowest BCUT2D eigenvalue weighted by Gasteiger charge is -2.28. The van der Waals surface area contributed by atoms with Crippen LogP contribution in [0.1, 0.15) is 32.0 Å². The summed E-state index contributed by atoms with van der Waals surface area (Å²) in [6.45, 7) is 5.68. The Labute approximate surface area is 212 Å². The Morgan fingerprint density at radius 2 is 2.03 bits per heavy atom. The van der Waals surface area contributed by atoms with Crippen molar-refractivity contribution in [2.45, 2.75) is 38.8 Å². The summed E-state index contributed by atoms with van der Waals surface area (Å²) >= 11 is 0. The van der Waals surface area contributed by atoms with Crippen LogP contribution in [-0.2, 0) is 11.2 Å². The van der Waals surface area contributed by atoms with Gasteiger partial charge >= 0.3 is 0 Å². The zero-order chi connectivity index (χ0) is 26.5. The van der Waals surface area contributed by atoms with Gasteiger partial charge in [-0.15, -0.1) is 0 Å². The van der Waals surface area contributed by atoms with Gasteiger partial charge in [-0.25, -0.2) is 9.37 Å². The monoisotopic (exact) mass is 504 g/mol. The van der Waals surface area contributed by atoms with Crippen molar-refractivity contribution in [2.24, 2.45) is 5.73 Å². The number of hydrogen-bond acceptors (Lipinski definition) is 6. The Morgan fingerprint density at radius 3 is 2.76 bits per heavy atom. The Balaban J connectivity index is 1.41. The molecule has 0 fully saturated rings. The fraction of sp³-hybridized carbons (Fsp3) is 0.296. The van der Waals surface area contributed by atoms with Crippen LogP contribution in [-0.4, -0.2) is 65.9 Å². The van der Waals surface area contributed by atoms with Gasteiger partial charge in [-0.1, -0.05) is 25.1 Å². The van der Waals surface area contributed by atoms with Crippen LogP contribution in [0.15, 0.2) is 42.6 Å². The van der Waals surface area contributed by atoms with E-state index in [0.29, 0.717) is 47.5 Å². The summed E-state index contributed by atoms with van der Waals surface area (Å²) in [6, 6.07) is 7.38. The molecule has 1 aliphatic rings. The number of H-pyrrole nitrogens is 2. The van der Waals surface area contributed by atoms with Gasteiger partial charge in [-0.3, -0.25) is 9.89 Å². The highest BCUT2D eigenvalue weighted by molar-refractivity contribution is 5.95. The molecule has 0 saturated carbocycles. The van der Waals surface area contributed by atoms with Crippen LogP contribution in [0.5, 0.6) is 5.75 Å². The Kier molecular flexibility index (Phi) is 6.09. The number of amides is 1. The smallest absolute Gasteiger partial charge is 0.243 e. The van der Waals surface area contributed by atoms with E-state index in [9.17, 15) is 15.0 Å². The molecular formula is C27H29FN6O3. The average molecular weight is 505 g/mol. The molecule has 2 aromatic carbocycles. The maximum atomic E-state index is 15.6. The fourth-order valence-corrected chi connectivity index (χ4v) is 4.60. The maximum Gasteiger partial charge on any atom is 0.243 e. The summed E-state index contributed by atoms with van der Waals surface area (Å²) in [5.41, 5.74) is 8.89. The molecule has 6 N–H and O–H groups in total. The number of aliphatic hydroxyl groups is 1. The third-order valence-electron chi connectivity index (χ3n) is 6.84. The minimum atomic E-state index is -1.32. The first kappa shape index (κ1) is 24.7. The van der Waals surface area contributed by atoms with Crippen molar-refractivity contribution in [1.82, 2.24) is 25.1 Å². The lowest BCUT2D eigenvalue weighted by atomic mass is 9.96. The number of aromatic hydroxyl groups is 1. The lowest BCUT2D eigenvalue weighted by molar-refractivity contribution is -0.136. The quantitative estimate of drug-likeness (QED) is 0.272. The molecule has 2 aromatic heterocycles.